The fourth-order valence-corrected chi connectivity index (χ4v) is 7.58. The van der Waals surface area contributed by atoms with Gasteiger partial charge in [0.25, 0.3) is 0 Å². The number of thiophene rings is 1. The van der Waals surface area contributed by atoms with Gasteiger partial charge in [-0.25, -0.2) is 0 Å². The van der Waals surface area contributed by atoms with Gasteiger partial charge in [0.1, 0.15) is 25.3 Å². The van der Waals surface area contributed by atoms with Crippen LogP contribution in [0.4, 0.5) is 26.3 Å². The van der Waals surface area contributed by atoms with E-state index in [4.69, 9.17) is 28.5 Å². The highest BCUT2D eigenvalue weighted by Crippen LogP contribution is 2.67. The fraction of sp³-hybridized carbons (Fsp3) is 0.355. The van der Waals surface area contributed by atoms with Crippen LogP contribution in [0.25, 0.3) is 16.0 Å². The monoisotopic (exact) mass is 687 g/mol. The summed E-state index contributed by atoms with van der Waals surface area (Å²) in [4.78, 5) is 6.10. The molecule has 7 nitrogen and oxygen atoms in total. The van der Waals surface area contributed by atoms with Gasteiger partial charge in [0.05, 0.1) is 26.2 Å². The first-order valence-corrected chi connectivity index (χ1v) is 15.6. The number of ether oxygens (including phenoxy) is 5. The van der Waals surface area contributed by atoms with Crippen LogP contribution in [-0.4, -0.2) is 63.8 Å². The van der Waals surface area contributed by atoms with Crippen molar-refractivity contribution in [3.8, 4) is 27.0 Å². The lowest BCUT2D eigenvalue weighted by molar-refractivity contribution is -0.261. The Morgan fingerprint density at radius 1 is 0.935 bits per heavy atom. The molecule has 2 aromatic rings. The molecule has 2 unspecified atom stereocenters. The molecule has 1 aliphatic carbocycles. The molecule has 2 atom stereocenters. The lowest BCUT2D eigenvalue weighted by Crippen LogP contribution is -2.49. The second-order valence-corrected chi connectivity index (χ2v) is 12.5. The van der Waals surface area contributed by atoms with Crippen molar-refractivity contribution in [2.45, 2.75) is 23.2 Å². The third-order valence-electron chi connectivity index (χ3n) is 7.57. The Morgan fingerprint density at radius 3 is 2.48 bits per heavy atom. The van der Waals surface area contributed by atoms with Gasteiger partial charge in [-0.1, -0.05) is 35.3 Å². The summed E-state index contributed by atoms with van der Waals surface area (Å²) in [6.07, 6.45) is 8.72. The van der Waals surface area contributed by atoms with Crippen molar-refractivity contribution in [1.82, 2.24) is 5.48 Å². The van der Waals surface area contributed by atoms with Gasteiger partial charge >= 0.3 is 17.8 Å². The average molecular weight is 688 g/mol. The molecule has 3 aliphatic heterocycles. The number of fused-ring (bicyclic) bond motifs is 1. The van der Waals surface area contributed by atoms with E-state index in [0.717, 1.165) is 36.3 Å². The molecule has 6 rings (SSSR count). The van der Waals surface area contributed by atoms with Crippen LogP contribution in [0, 0.1) is 5.92 Å². The number of methoxy groups -OCH3 is 2. The summed E-state index contributed by atoms with van der Waals surface area (Å²) in [5, 5.41) is -0.245. The highest BCUT2D eigenvalue weighted by molar-refractivity contribution is 8.04. The van der Waals surface area contributed by atoms with Crippen molar-refractivity contribution in [3.63, 3.8) is 0 Å². The van der Waals surface area contributed by atoms with E-state index in [1.807, 2.05) is 0 Å². The Balaban J connectivity index is 1.51. The Morgan fingerprint density at radius 2 is 1.72 bits per heavy atom. The summed E-state index contributed by atoms with van der Waals surface area (Å²) in [5.41, 5.74) is -1.17. The van der Waals surface area contributed by atoms with E-state index in [0.29, 0.717) is 47.3 Å². The van der Waals surface area contributed by atoms with Gasteiger partial charge in [0.2, 0.25) is 0 Å². The van der Waals surface area contributed by atoms with Gasteiger partial charge in [0, 0.05) is 39.5 Å². The summed E-state index contributed by atoms with van der Waals surface area (Å²) >= 11 is 1.78. The second-order valence-electron chi connectivity index (χ2n) is 10.3. The van der Waals surface area contributed by atoms with Crippen LogP contribution >= 0.6 is 23.1 Å². The smallest absolute Gasteiger partial charge is 0.380 e. The summed E-state index contributed by atoms with van der Waals surface area (Å²) in [6.45, 7) is 1.27. The summed E-state index contributed by atoms with van der Waals surface area (Å²) in [5.74, 6) is -17.2. The predicted octanol–water partition coefficient (Wildman–Crippen LogP) is 7.59. The molecular formula is C31H27F6NO6S2. The standard InChI is InChI=1S/C31H27F6NO6S2/c1-39-27-19(15-23(45-27)17-4-3-9-41-12-13-42-10-7-17)25-26(30(34,35)31(36,37)29(25,32)33)20-16-24(46-28(20)40-2)18-5-6-21-22(14-18)44-38-8-11-43-21/h3-7,9-10,14-16,19,27,38H,8,11-13H2,1-2H3/b9-3+,10-7+,17-4+. The first-order chi connectivity index (χ1) is 22.0. The first-order valence-electron chi connectivity index (χ1n) is 13.9. The number of allylic oxidation sites excluding steroid dienone is 5. The van der Waals surface area contributed by atoms with Crippen LogP contribution in [0.15, 0.2) is 77.1 Å². The molecule has 4 heterocycles. The third-order valence-corrected chi connectivity index (χ3v) is 10.1. The van der Waals surface area contributed by atoms with Crippen LogP contribution in [-0.2, 0) is 14.2 Å². The SMILES string of the molecule is COc1sc(-c2ccc3c(c2)ONCCO3)cc1C1=C(C2C=C(C3=C/C=C/OCCO\C=C\3)SC2OC)C(F)(F)C(F)(F)C1(F)F. The molecule has 1 aromatic heterocycles. The Kier molecular flexibility index (Phi) is 8.87. The van der Waals surface area contributed by atoms with Crippen LogP contribution < -0.4 is 19.8 Å². The van der Waals surface area contributed by atoms with Gasteiger partial charge in [-0.15, -0.1) is 0 Å². The summed E-state index contributed by atoms with van der Waals surface area (Å²) < 4.78 is 121. The number of halogens is 6. The van der Waals surface area contributed by atoms with Gasteiger partial charge in [0.15, 0.2) is 16.6 Å². The topological polar surface area (TPSA) is 67.4 Å². The molecule has 15 heteroatoms. The van der Waals surface area contributed by atoms with Crippen LogP contribution in [0.5, 0.6) is 16.6 Å². The predicted molar refractivity (Wildman–Crippen MR) is 160 cm³/mol. The molecule has 46 heavy (non-hydrogen) atoms. The maximum Gasteiger partial charge on any atom is 0.380 e. The van der Waals surface area contributed by atoms with Gasteiger partial charge in [-0.2, -0.15) is 31.8 Å². The highest BCUT2D eigenvalue weighted by Gasteiger charge is 2.81. The average Bonchev–Trinajstić information content (AvgIpc) is 3.61. The van der Waals surface area contributed by atoms with Gasteiger partial charge in [-0.05, 0) is 47.6 Å². The molecule has 0 amide bonds. The molecule has 1 N–H and O–H groups in total. The van der Waals surface area contributed by atoms with Crippen LogP contribution in [0.2, 0.25) is 0 Å². The van der Waals surface area contributed by atoms with Crippen molar-refractivity contribution < 1.29 is 54.9 Å². The lowest BCUT2D eigenvalue weighted by Gasteiger charge is -2.27. The zero-order chi connectivity index (χ0) is 32.7. The van der Waals surface area contributed by atoms with Crippen LogP contribution in [0.3, 0.4) is 0 Å². The van der Waals surface area contributed by atoms with E-state index in [1.54, 1.807) is 36.4 Å². The molecule has 0 fully saturated rings. The first kappa shape index (κ1) is 32.4. The van der Waals surface area contributed by atoms with E-state index in [-0.39, 0.29) is 16.5 Å². The number of hydrogen-bond donors (Lipinski definition) is 1. The lowest BCUT2D eigenvalue weighted by atomic mass is 9.90. The Hall–Kier alpha value is -3.53. The van der Waals surface area contributed by atoms with Crippen molar-refractivity contribution in [2.24, 2.45) is 5.92 Å². The van der Waals surface area contributed by atoms with E-state index < -0.39 is 45.8 Å². The molecule has 0 saturated carbocycles. The molecule has 0 saturated heterocycles. The number of hydroxylamine groups is 1. The summed E-state index contributed by atoms with van der Waals surface area (Å²) in [7, 11) is 2.35. The molecule has 0 bridgehead atoms. The minimum absolute atomic E-state index is 0.240. The van der Waals surface area contributed by atoms with Crippen molar-refractivity contribution >= 4 is 28.7 Å². The number of rotatable bonds is 6. The van der Waals surface area contributed by atoms with Gasteiger partial charge < -0.3 is 28.5 Å². The number of hydrogen-bond acceptors (Lipinski definition) is 9. The fourth-order valence-electron chi connectivity index (χ4n) is 5.40. The maximum atomic E-state index is 15.8. The Bertz CT molecular complexity index is 1650. The molecular weight excluding hydrogens is 660 g/mol. The van der Waals surface area contributed by atoms with E-state index >= 15 is 26.3 Å². The molecule has 0 radical (unpaired) electrons. The van der Waals surface area contributed by atoms with Gasteiger partial charge in [-0.3, -0.25) is 0 Å². The second kappa shape index (κ2) is 12.6. The number of nitrogens with one attached hydrogen (secondary N) is 1. The third kappa shape index (κ3) is 5.46. The quantitative estimate of drug-likeness (QED) is 0.312. The molecule has 0 spiro atoms. The van der Waals surface area contributed by atoms with E-state index in [9.17, 15) is 0 Å². The highest BCUT2D eigenvalue weighted by atomic mass is 32.2. The number of thioether (sulfide) groups is 1. The minimum Gasteiger partial charge on any atom is -0.498 e. The Labute approximate surface area is 268 Å². The van der Waals surface area contributed by atoms with E-state index in [1.165, 1.54) is 25.7 Å². The van der Waals surface area contributed by atoms with Crippen molar-refractivity contribution in [3.05, 3.63) is 82.7 Å². The van der Waals surface area contributed by atoms with Crippen LogP contribution in [0.1, 0.15) is 5.56 Å². The van der Waals surface area contributed by atoms with Crippen molar-refractivity contribution in [1.29, 1.82) is 0 Å². The zero-order valence-electron chi connectivity index (χ0n) is 24.3. The van der Waals surface area contributed by atoms with Crippen molar-refractivity contribution in [2.75, 3.05) is 40.6 Å². The zero-order valence-corrected chi connectivity index (χ0v) is 25.9. The number of benzene rings is 1. The normalized spacial score (nSPS) is 27.4. The maximum absolute atomic E-state index is 15.8. The molecule has 1 aromatic carbocycles. The van der Waals surface area contributed by atoms with E-state index in [2.05, 4.69) is 5.48 Å². The molecule has 246 valence electrons. The minimum atomic E-state index is -5.75. The summed E-state index contributed by atoms with van der Waals surface area (Å²) in [6, 6.07) is 5.92. The largest absolute Gasteiger partial charge is 0.498 e. The molecule has 4 aliphatic rings. The number of alkyl halides is 6.